The Morgan fingerprint density at radius 3 is 2.80 bits per heavy atom. The lowest BCUT2D eigenvalue weighted by Crippen LogP contribution is -2.21. The number of halogens is 3. The van der Waals surface area contributed by atoms with E-state index in [0.29, 0.717) is 23.9 Å². The summed E-state index contributed by atoms with van der Waals surface area (Å²) in [5.74, 6) is -0.472. The molecule has 0 fully saturated rings. The first-order valence-corrected chi connectivity index (χ1v) is 6.71. The predicted molar refractivity (Wildman–Crippen MR) is 76.6 cm³/mol. The number of nitrogens with two attached hydrogens (primary N) is 1. The van der Waals surface area contributed by atoms with E-state index in [1.807, 2.05) is 0 Å². The molecule has 2 N–H and O–H groups in total. The number of hydrogen-bond donors (Lipinski definition) is 1. The van der Waals surface area contributed by atoms with Gasteiger partial charge in [0.25, 0.3) is 0 Å². The van der Waals surface area contributed by atoms with Crippen LogP contribution in [0.5, 0.6) is 0 Å². The Bertz CT molecular complexity index is 583. The van der Waals surface area contributed by atoms with Crippen molar-refractivity contribution in [2.75, 3.05) is 13.7 Å². The van der Waals surface area contributed by atoms with Crippen molar-refractivity contribution in [3.63, 3.8) is 0 Å². The van der Waals surface area contributed by atoms with E-state index >= 15 is 0 Å². The van der Waals surface area contributed by atoms with Crippen LogP contribution >= 0.6 is 23.2 Å². The van der Waals surface area contributed by atoms with E-state index in [9.17, 15) is 4.39 Å². The number of aromatic nitrogens is 2. The van der Waals surface area contributed by atoms with Gasteiger partial charge in [0.1, 0.15) is 5.82 Å². The summed E-state index contributed by atoms with van der Waals surface area (Å²) in [5.41, 5.74) is 6.84. The number of nitrogens with zero attached hydrogens (tertiary/aromatic N) is 2. The number of hydrogen-bond acceptors (Lipinski definition) is 3. The Morgan fingerprint density at radius 1 is 1.40 bits per heavy atom. The van der Waals surface area contributed by atoms with E-state index < -0.39 is 11.9 Å². The highest BCUT2D eigenvalue weighted by Gasteiger charge is 2.23. The summed E-state index contributed by atoms with van der Waals surface area (Å²) in [7, 11) is 1.58. The first-order chi connectivity index (χ1) is 9.56. The van der Waals surface area contributed by atoms with Gasteiger partial charge >= 0.3 is 0 Å². The number of benzene rings is 1. The molecule has 2 rings (SSSR count). The molecule has 0 spiro atoms. The van der Waals surface area contributed by atoms with Gasteiger partial charge in [-0.25, -0.2) is 4.39 Å². The van der Waals surface area contributed by atoms with Gasteiger partial charge < -0.3 is 10.5 Å². The van der Waals surface area contributed by atoms with Crippen LogP contribution in [0.4, 0.5) is 4.39 Å². The van der Waals surface area contributed by atoms with Gasteiger partial charge in [-0.1, -0.05) is 29.3 Å². The maximum absolute atomic E-state index is 13.9. The second kappa shape index (κ2) is 6.54. The Morgan fingerprint density at radius 2 is 2.15 bits per heavy atom. The van der Waals surface area contributed by atoms with Crippen molar-refractivity contribution in [2.45, 2.75) is 12.6 Å². The highest BCUT2D eigenvalue weighted by Crippen LogP contribution is 2.32. The second-order valence-electron chi connectivity index (χ2n) is 4.21. The van der Waals surface area contributed by atoms with Crippen LogP contribution < -0.4 is 5.73 Å². The molecule has 0 radical (unpaired) electrons. The molecule has 0 aliphatic rings. The van der Waals surface area contributed by atoms with Gasteiger partial charge in [-0.15, -0.1) is 0 Å². The molecule has 0 bridgehead atoms. The zero-order chi connectivity index (χ0) is 14.7. The van der Waals surface area contributed by atoms with E-state index in [2.05, 4.69) is 5.10 Å². The maximum atomic E-state index is 13.9. The number of rotatable bonds is 5. The molecule has 0 saturated heterocycles. The van der Waals surface area contributed by atoms with E-state index in [1.165, 1.54) is 18.3 Å². The lowest BCUT2D eigenvalue weighted by Gasteiger charge is -2.17. The fourth-order valence-electron chi connectivity index (χ4n) is 1.98. The molecular weight excluding hydrogens is 304 g/mol. The first-order valence-electron chi connectivity index (χ1n) is 5.96. The molecular formula is C13H14Cl2FN3O. The Kier molecular flexibility index (Phi) is 4.99. The monoisotopic (exact) mass is 317 g/mol. The third-order valence-electron chi connectivity index (χ3n) is 2.95. The maximum Gasteiger partial charge on any atom is 0.129 e. The SMILES string of the molecule is COCCn1ncc(Cl)c1C(N)c1c(F)cccc1Cl. The first kappa shape index (κ1) is 15.3. The van der Waals surface area contributed by atoms with Crippen LogP contribution in [0.25, 0.3) is 0 Å². The predicted octanol–water partition coefficient (Wildman–Crippen LogP) is 3.02. The van der Waals surface area contributed by atoms with Gasteiger partial charge in [-0.2, -0.15) is 5.10 Å². The Balaban J connectivity index is 2.43. The average Bonchev–Trinajstić information content (AvgIpc) is 2.77. The normalized spacial score (nSPS) is 12.7. The van der Waals surface area contributed by atoms with Gasteiger partial charge in [-0.05, 0) is 12.1 Å². The van der Waals surface area contributed by atoms with Crippen LogP contribution in [-0.2, 0) is 11.3 Å². The van der Waals surface area contributed by atoms with Gasteiger partial charge in [0, 0.05) is 17.7 Å². The fourth-order valence-corrected chi connectivity index (χ4v) is 2.52. The molecule has 0 saturated carbocycles. The van der Waals surface area contributed by atoms with Crippen LogP contribution in [0.1, 0.15) is 17.3 Å². The fraction of sp³-hybridized carbons (Fsp3) is 0.308. The zero-order valence-electron chi connectivity index (χ0n) is 10.8. The van der Waals surface area contributed by atoms with Crippen LogP contribution in [0.15, 0.2) is 24.4 Å². The van der Waals surface area contributed by atoms with Crippen molar-refractivity contribution in [2.24, 2.45) is 5.73 Å². The third-order valence-corrected chi connectivity index (χ3v) is 3.57. The molecule has 1 unspecified atom stereocenters. The molecule has 0 aliphatic heterocycles. The average molecular weight is 318 g/mol. The van der Waals surface area contributed by atoms with Crippen molar-refractivity contribution in [1.82, 2.24) is 9.78 Å². The van der Waals surface area contributed by atoms with Gasteiger partial charge in [-0.3, -0.25) is 4.68 Å². The molecule has 1 heterocycles. The smallest absolute Gasteiger partial charge is 0.129 e. The molecule has 4 nitrogen and oxygen atoms in total. The van der Waals surface area contributed by atoms with Crippen molar-refractivity contribution >= 4 is 23.2 Å². The zero-order valence-corrected chi connectivity index (χ0v) is 12.3. The van der Waals surface area contributed by atoms with Crippen molar-refractivity contribution in [3.05, 3.63) is 51.5 Å². The van der Waals surface area contributed by atoms with Crippen molar-refractivity contribution in [3.8, 4) is 0 Å². The summed E-state index contributed by atoms with van der Waals surface area (Å²) in [5, 5.41) is 4.74. The molecule has 0 aliphatic carbocycles. The highest BCUT2D eigenvalue weighted by molar-refractivity contribution is 6.32. The molecule has 1 aromatic heterocycles. The summed E-state index contributed by atoms with van der Waals surface area (Å²) in [6.07, 6.45) is 1.47. The molecule has 20 heavy (non-hydrogen) atoms. The molecule has 0 amide bonds. The van der Waals surface area contributed by atoms with E-state index in [0.717, 1.165) is 0 Å². The van der Waals surface area contributed by atoms with Gasteiger partial charge in [0.05, 0.1) is 36.1 Å². The lowest BCUT2D eigenvalue weighted by atomic mass is 10.0. The quantitative estimate of drug-likeness (QED) is 0.922. The van der Waals surface area contributed by atoms with E-state index in [4.69, 9.17) is 33.7 Å². The van der Waals surface area contributed by atoms with Crippen LogP contribution in [0.3, 0.4) is 0 Å². The number of ether oxygens (including phenoxy) is 1. The topological polar surface area (TPSA) is 53.1 Å². The van der Waals surface area contributed by atoms with E-state index in [-0.39, 0.29) is 10.6 Å². The summed E-state index contributed by atoms with van der Waals surface area (Å²) in [6, 6.07) is 3.63. The number of methoxy groups -OCH3 is 1. The summed E-state index contributed by atoms with van der Waals surface area (Å²) in [6.45, 7) is 0.918. The van der Waals surface area contributed by atoms with Crippen molar-refractivity contribution < 1.29 is 9.13 Å². The molecule has 1 aromatic carbocycles. The third kappa shape index (κ3) is 2.96. The summed E-state index contributed by atoms with van der Waals surface area (Å²) in [4.78, 5) is 0. The molecule has 7 heteroatoms. The van der Waals surface area contributed by atoms with Crippen molar-refractivity contribution in [1.29, 1.82) is 0 Å². The lowest BCUT2D eigenvalue weighted by molar-refractivity contribution is 0.182. The second-order valence-corrected chi connectivity index (χ2v) is 5.02. The minimum atomic E-state index is -0.796. The van der Waals surface area contributed by atoms with Gasteiger partial charge in [0.2, 0.25) is 0 Å². The Labute approximate surface area is 126 Å². The largest absolute Gasteiger partial charge is 0.383 e. The highest BCUT2D eigenvalue weighted by atomic mass is 35.5. The van der Waals surface area contributed by atoms with Crippen LogP contribution in [-0.4, -0.2) is 23.5 Å². The van der Waals surface area contributed by atoms with Crippen LogP contribution in [0, 0.1) is 5.82 Å². The summed E-state index contributed by atoms with van der Waals surface area (Å²) >= 11 is 12.1. The standard InChI is InChI=1S/C13H14Cl2FN3O/c1-20-6-5-19-13(9(15)7-18-19)12(17)11-8(14)3-2-4-10(11)16/h2-4,7,12H,5-6,17H2,1H3. The Hall–Kier alpha value is -1.14. The minimum absolute atomic E-state index is 0.204. The van der Waals surface area contributed by atoms with Crippen LogP contribution in [0.2, 0.25) is 10.0 Å². The molecule has 2 aromatic rings. The van der Waals surface area contributed by atoms with Gasteiger partial charge in [0.15, 0.2) is 0 Å². The van der Waals surface area contributed by atoms with E-state index in [1.54, 1.807) is 17.9 Å². The molecule has 1 atom stereocenters. The minimum Gasteiger partial charge on any atom is -0.383 e. The summed E-state index contributed by atoms with van der Waals surface area (Å²) < 4.78 is 20.5. The molecule has 108 valence electrons.